The van der Waals surface area contributed by atoms with E-state index in [1.807, 2.05) is 14.1 Å². The van der Waals surface area contributed by atoms with Crippen LogP contribution >= 0.6 is 0 Å². The summed E-state index contributed by atoms with van der Waals surface area (Å²) in [6.07, 6.45) is 22.3. The van der Waals surface area contributed by atoms with Gasteiger partial charge in [-0.2, -0.15) is 8.42 Å². The van der Waals surface area contributed by atoms with Crippen molar-refractivity contribution in [1.29, 1.82) is 0 Å². The van der Waals surface area contributed by atoms with Crippen molar-refractivity contribution in [3.8, 4) is 0 Å². The molecule has 0 fully saturated rings. The van der Waals surface area contributed by atoms with E-state index in [9.17, 15) is 13.2 Å². The minimum atomic E-state index is -4.38. The van der Waals surface area contributed by atoms with Crippen LogP contribution in [0.3, 0.4) is 0 Å². The third kappa shape index (κ3) is 25.5. The van der Waals surface area contributed by atoms with Gasteiger partial charge in [0, 0.05) is 19.4 Å². The summed E-state index contributed by atoms with van der Waals surface area (Å²) in [4.78, 5) is 11.9. The molecule has 0 spiro atoms. The number of nitrogens with zero attached hydrogens (tertiary/aromatic N) is 1. The van der Waals surface area contributed by atoms with Crippen LogP contribution in [0.1, 0.15) is 103 Å². The Labute approximate surface area is 203 Å². The Morgan fingerprint density at radius 2 is 1.39 bits per heavy atom. The van der Waals surface area contributed by atoms with Crippen LogP contribution in [0.5, 0.6) is 0 Å². The number of quaternary nitrogens is 1. The largest absolute Gasteiger partial charge is 0.397 e. The molecule has 0 rings (SSSR count). The van der Waals surface area contributed by atoms with Gasteiger partial charge < -0.3 is 9.80 Å². The number of amides is 1. The molecule has 0 aliphatic heterocycles. The first-order valence-electron chi connectivity index (χ1n) is 13.0. The average molecular weight is 492 g/mol. The zero-order chi connectivity index (χ0) is 24.8. The minimum absolute atomic E-state index is 0.0618. The van der Waals surface area contributed by atoms with Gasteiger partial charge in [0.2, 0.25) is 5.91 Å². The standard InChI is InChI=1S/C25H50N2O5S/c1-4-5-6-7-8-9-10-11-12-13-14-15-16-17-18-20-25(28)26-21-19-22-27(2,3)23-24-32-33(29,30)31/h11-12H,4-10,13-24H2,1-3H3,(H-,26,28,29,30,31)/p+1. The number of carbonyl (C=O) groups is 1. The second kappa shape index (κ2) is 20.4. The zero-order valence-electron chi connectivity index (χ0n) is 21.5. The summed E-state index contributed by atoms with van der Waals surface area (Å²) in [5.41, 5.74) is 0. The highest BCUT2D eigenvalue weighted by atomic mass is 32.3. The van der Waals surface area contributed by atoms with Crippen molar-refractivity contribution in [3.05, 3.63) is 12.2 Å². The van der Waals surface area contributed by atoms with Crippen molar-refractivity contribution < 1.29 is 26.4 Å². The molecule has 0 saturated carbocycles. The monoisotopic (exact) mass is 491 g/mol. The van der Waals surface area contributed by atoms with E-state index in [2.05, 4.69) is 28.6 Å². The normalized spacial score (nSPS) is 12.5. The summed E-state index contributed by atoms with van der Waals surface area (Å²) in [6.45, 7) is 4.05. The second-order valence-electron chi connectivity index (χ2n) is 9.67. The van der Waals surface area contributed by atoms with Gasteiger partial charge in [-0.1, -0.05) is 70.4 Å². The lowest BCUT2D eigenvalue weighted by atomic mass is 10.1. The predicted octanol–water partition coefficient (Wildman–Crippen LogP) is 5.43. The Hall–Kier alpha value is -0.960. The van der Waals surface area contributed by atoms with E-state index in [-0.39, 0.29) is 12.5 Å². The third-order valence-corrected chi connectivity index (χ3v) is 6.32. The lowest BCUT2D eigenvalue weighted by molar-refractivity contribution is -0.890. The first-order chi connectivity index (χ1) is 15.7. The van der Waals surface area contributed by atoms with Gasteiger partial charge in [0.25, 0.3) is 0 Å². The summed E-state index contributed by atoms with van der Waals surface area (Å²) < 4.78 is 34.7. The van der Waals surface area contributed by atoms with Crippen LogP contribution in [-0.4, -0.2) is 63.7 Å². The Kier molecular flexibility index (Phi) is 19.8. The maximum Gasteiger partial charge on any atom is 0.397 e. The van der Waals surface area contributed by atoms with Crippen LogP contribution in [0.15, 0.2) is 12.2 Å². The first-order valence-corrected chi connectivity index (χ1v) is 14.4. The zero-order valence-corrected chi connectivity index (χ0v) is 22.3. The first kappa shape index (κ1) is 32.0. The molecule has 0 aliphatic carbocycles. The van der Waals surface area contributed by atoms with E-state index >= 15 is 0 Å². The van der Waals surface area contributed by atoms with Crippen LogP contribution < -0.4 is 5.32 Å². The molecule has 2 N–H and O–H groups in total. The highest BCUT2D eigenvalue weighted by molar-refractivity contribution is 7.80. The fraction of sp³-hybridized carbons (Fsp3) is 0.880. The molecule has 33 heavy (non-hydrogen) atoms. The summed E-state index contributed by atoms with van der Waals surface area (Å²) in [7, 11) is -0.461. The minimum Gasteiger partial charge on any atom is -0.356 e. The summed E-state index contributed by atoms with van der Waals surface area (Å²) in [6, 6.07) is 0. The molecular formula is C25H51N2O5S+. The molecular weight excluding hydrogens is 440 g/mol. The number of hydrogen-bond donors (Lipinski definition) is 2. The lowest BCUT2D eigenvalue weighted by Crippen LogP contribution is -2.44. The SMILES string of the molecule is CCCCCCCCC=CCCCCCCCC(=O)NCCC[N+](C)(C)CCOS(=O)(=O)O. The number of unbranched alkanes of at least 4 members (excludes halogenated alkanes) is 11. The quantitative estimate of drug-likeness (QED) is 0.0861. The molecule has 0 atom stereocenters. The summed E-state index contributed by atoms with van der Waals surface area (Å²) >= 11 is 0. The fourth-order valence-corrected chi connectivity index (χ4v) is 3.97. The number of nitrogens with one attached hydrogen (secondary N) is 1. The lowest BCUT2D eigenvalue weighted by Gasteiger charge is -2.29. The van der Waals surface area contributed by atoms with Gasteiger partial charge in [-0.3, -0.25) is 9.35 Å². The van der Waals surface area contributed by atoms with Crippen LogP contribution in [0, 0.1) is 0 Å². The van der Waals surface area contributed by atoms with E-state index < -0.39 is 10.4 Å². The topological polar surface area (TPSA) is 92.7 Å². The Balaban J connectivity index is 3.48. The number of carbonyl (C=O) groups excluding carboxylic acids is 1. The molecule has 0 radical (unpaired) electrons. The fourth-order valence-electron chi connectivity index (χ4n) is 3.68. The van der Waals surface area contributed by atoms with Crippen molar-refractivity contribution >= 4 is 16.3 Å². The molecule has 0 aromatic rings. The number of rotatable bonds is 23. The van der Waals surface area contributed by atoms with Gasteiger partial charge in [-0.15, -0.1) is 0 Å². The maximum atomic E-state index is 11.9. The Morgan fingerprint density at radius 3 is 1.97 bits per heavy atom. The molecule has 8 heteroatoms. The Morgan fingerprint density at radius 1 is 0.848 bits per heavy atom. The van der Waals surface area contributed by atoms with E-state index in [1.54, 1.807) is 0 Å². The van der Waals surface area contributed by atoms with Gasteiger partial charge in [-0.25, -0.2) is 4.18 Å². The van der Waals surface area contributed by atoms with E-state index in [4.69, 9.17) is 4.55 Å². The molecule has 0 bridgehead atoms. The predicted molar refractivity (Wildman–Crippen MR) is 136 cm³/mol. The van der Waals surface area contributed by atoms with Crippen molar-refractivity contribution in [2.75, 3.05) is 40.3 Å². The Bertz CT molecular complexity index is 606. The van der Waals surface area contributed by atoms with E-state index in [0.717, 1.165) is 25.8 Å². The highest BCUT2D eigenvalue weighted by Crippen LogP contribution is 2.10. The van der Waals surface area contributed by atoms with Crippen molar-refractivity contribution in [3.63, 3.8) is 0 Å². The molecule has 1 amide bonds. The molecule has 0 heterocycles. The molecule has 0 unspecified atom stereocenters. The van der Waals surface area contributed by atoms with Gasteiger partial charge >= 0.3 is 10.4 Å². The van der Waals surface area contributed by atoms with Gasteiger partial charge in [0.15, 0.2) is 0 Å². The molecule has 7 nitrogen and oxygen atoms in total. The maximum absolute atomic E-state index is 11.9. The van der Waals surface area contributed by atoms with Crippen LogP contribution in [0.2, 0.25) is 0 Å². The van der Waals surface area contributed by atoms with Crippen LogP contribution in [0.25, 0.3) is 0 Å². The molecule has 0 saturated heterocycles. The summed E-state index contributed by atoms with van der Waals surface area (Å²) in [5, 5.41) is 2.96. The van der Waals surface area contributed by atoms with Gasteiger partial charge in [0.05, 0.1) is 20.6 Å². The number of likely N-dealkylation sites (N-methyl/N-ethyl adjacent to an activating group) is 1. The molecule has 0 aliphatic rings. The second-order valence-corrected chi connectivity index (χ2v) is 10.8. The van der Waals surface area contributed by atoms with Gasteiger partial charge in [0.1, 0.15) is 13.2 Å². The molecule has 0 aromatic heterocycles. The van der Waals surface area contributed by atoms with Crippen molar-refractivity contribution in [2.24, 2.45) is 0 Å². The summed E-state index contributed by atoms with van der Waals surface area (Å²) in [5.74, 6) is 0.104. The highest BCUT2D eigenvalue weighted by Gasteiger charge is 2.16. The third-order valence-electron chi connectivity index (χ3n) is 5.86. The molecule has 0 aromatic carbocycles. The van der Waals surface area contributed by atoms with Crippen molar-refractivity contribution in [1.82, 2.24) is 5.32 Å². The smallest absolute Gasteiger partial charge is 0.356 e. The van der Waals surface area contributed by atoms with Crippen LogP contribution in [-0.2, 0) is 19.4 Å². The average Bonchev–Trinajstić information content (AvgIpc) is 2.73. The van der Waals surface area contributed by atoms with E-state index in [1.165, 1.54) is 70.6 Å². The number of hydrogen-bond acceptors (Lipinski definition) is 4. The number of allylic oxidation sites excluding steroid dienone is 2. The molecule has 196 valence electrons. The van der Waals surface area contributed by atoms with Crippen molar-refractivity contribution in [2.45, 2.75) is 103 Å². The van der Waals surface area contributed by atoms with Crippen LogP contribution in [0.4, 0.5) is 0 Å². The van der Waals surface area contributed by atoms with Gasteiger partial charge in [-0.05, 0) is 32.1 Å². The van der Waals surface area contributed by atoms with E-state index in [0.29, 0.717) is 24.0 Å².